The molecule has 2 aromatic carbocycles. The molecule has 2 heterocycles. The highest BCUT2D eigenvalue weighted by atomic mass is 16.5. The molecule has 4 rings (SSSR count). The number of aromatic nitrogens is 2. The number of hydrogen-bond acceptors (Lipinski definition) is 4. The molecule has 29 heavy (non-hydrogen) atoms. The van der Waals surface area contributed by atoms with Crippen LogP contribution >= 0.6 is 0 Å². The fraction of sp³-hybridized carbons (Fsp3) is 0.304. The van der Waals surface area contributed by atoms with E-state index in [1.165, 1.54) is 0 Å². The smallest absolute Gasteiger partial charge is 0.241 e. The van der Waals surface area contributed by atoms with Crippen molar-refractivity contribution in [3.05, 3.63) is 66.7 Å². The highest BCUT2D eigenvalue weighted by molar-refractivity contribution is 5.98. The van der Waals surface area contributed by atoms with Gasteiger partial charge >= 0.3 is 0 Å². The summed E-state index contributed by atoms with van der Waals surface area (Å²) in [6.45, 7) is 1.59. The summed E-state index contributed by atoms with van der Waals surface area (Å²) in [5.41, 5.74) is 2.86. The number of benzene rings is 2. The summed E-state index contributed by atoms with van der Waals surface area (Å²) in [5, 5.41) is 3.16. The quantitative estimate of drug-likeness (QED) is 0.697. The van der Waals surface area contributed by atoms with E-state index in [0.717, 1.165) is 47.8 Å². The lowest BCUT2D eigenvalue weighted by atomic mass is 10.0. The Morgan fingerprint density at radius 1 is 1.21 bits per heavy atom. The normalized spacial score (nSPS) is 16.7. The predicted molar refractivity (Wildman–Crippen MR) is 114 cm³/mol. The second-order valence-electron chi connectivity index (χ2n) is 7.35. The van der Waals surface area contributed by atoms with Crippen LogP contribution < -0.4 is 10.1 Å². The summed E-state index contributed by atoms with van der Waals surface area (Å²) in [7, 11) is 3.64. The van der Waals surface area contributed by atoms with Crippen LogP contribution in [0, 0.1) is 0 Å². The molecule has 0 spiro atoms. The van der Waals surface area contributed by atoms with Gasteiger partial charge in [0.05, 0.1) is 19.7 Å². The van der Waals surface area contributed by atoms with Crippen molar-refractivity contribution in [3.8, 4) is 16.9 Å². The van der Waals surface area contributed by atoms with Gasteiger partial charge in [-0.1, -0.05) is 30.3 Å². The standard InChI is InChI=1S/C23H26N4O2/c1-26-15-13-24-22(26)16-27-14-5-8-21(27)23(28)25-20-7-4-3-6-19(20)17-9-11-18(29-2)12-10-17/h3-4,6-7,9-13,15,21H,5,8,14,16H2,1-2H3,(H,25,28)/t21-/m0/s1. The predicted octanol–water partition coefficient (Wildman–Crippen LogP) is 3.70. The molecule has 1 aromatic heterocycles. The van der Waals surface area contributed by atoms with Gasteiger partial charge in [0.15, 0.2) is 0 Å². The maximum absolute atomic E-state index is 13.1. The lowest BCUT2D eigenvalue weighted by molar-refractivity contribution is -0.120. The fourth-order valence-corrected chi connectivity index (χ4v) is 3.87. The Balaban J connectivity index is 1.51. The van der Waals surface area contributed by atoms with Crippen LogP contribution in [0.15, 0.2) is 60.9 Å². The Labute approximate surface area is 171 Å². The van der Waals surface area contributed by atoms with E-state index in [1.807, 2.05) is 66.3 Å². The molecule has 1 aliphatic rings. The Bertz CT molecular complexity index is 981. The molecule has 1 saturated heterocycles. The van der Waals surface area contributed by atoms with E-state index < -0.39 is 0 Å². The topological polar surface area (TPSA) is 59.4 Å². The maximum atomic E-state index is 13.1. The minimum atomic E-state index is -0.143. The zero-order valence-corrected chi connectivity index (χ0v) is 16.8. The summed E-state index contributed by atoms with van der Waals surface area (Å²) in [4.78, 5) is 19.7. The summed E-state index contributed by atoms with van der Waals surface area (Å²) >= 11 is 0. The van der Waals surface area contributed by atoms with Gasteiger partial charge in [-0.2, -0.15) is 0 Å². The number of carbonyl (C=O) groups is 1. The second-order valence-corrected chi connectivity index (χ2v) is 7.35. The van der Waals surface area contributed by atoms with Gasteiger partial charge in [-0.25, -0.2) is 4.98 Å². The van der Waals surface area contributed by atoms with Crippen LogP contribution in [-0.2, 0) is 18.4 Å². The average Bonchev–Trinajstić information content (AvgIpc) is 3.38. The van der Waals surface area contributed by atoms with Crippen LogP contribution in [0.25, 0.3) is 11.1 Å². The lowest BCUT2D eigenvalue weighted by Gasteiger charge is -2.24. The molecule has 0 saturated carbocycles. The fourth-order valence-electron chi connectivity index (χ4n) is 3.87. The van der Waals surface area contributed by atoms with Gasteiger partial charge in [-0.15, -0.1) is 0 Å². The highest BCUT2D eigenvalue weighted by Gasteiger charge is 2.31. The van der Waals surface area contributed by atoms with Crippen molar-refractivity contribution < 1.29 is 9.53 Å². The Morgan fingerprint density at radius 3 is 2.72 bits per heavy atom. The van der Waals surface area contributed by atoms with Crippen LogP contribution in [0.4, 0.5) is 5.69 Å². The number of para-hydroxylation sites is 1. The first kappa shape index (κ1) is 19.2. The number of imidazole rings is 1. The van der Waals surface area contributed by atoms with E-state index in [-0.39, 0.29) is 11.9 Å². The number of hydrogen-bond donors (Lipinski definition) is 1. The van der Waals surface area contributed by atoms with Crippen LogP contribution in [0.5, 0.6) is 5.75 Å². The molecule has 0 bridgehead atoms. The zero-order chi connectivity index (χ0) is 20.2. The van der Waals surface area contributed by atoms with Crippen molar-refractivity contribution in [1.29, 1.82) is 0 Å². The van der Waals surface area contributed by atoms with Crippen LogP contribution in [0.2, 0.25) is 0 Å². The summed E-state index contributed by atoms with van der Waals surface area (Å²) in [6.07, 6.45) is 5.61. The van der Waals surface area contributed by atoms with Gasteiger partial charge in [0.1, 0.15) is 11.6 Å². The molecule has 1 fully saturated rings. The third kappa shape index (κ3) is 4.17. The number of nitrogens with one attached hydrogen (secondary N) is 1. The first-order valence-electron chi connectivity index (χ1n) is 9.90. The Morgan fingerprint density at radius 2 is 2.00 bits per heavy atom. The average molecular weight is 390 g/mol. The van der Waals surface area contributed by atoms with Gasteiger partial charge in [0.25, 0.3) is 0 Å². The molecule has 0 radical (unpaired) electrons. The third-order valence-corrected chi connectivity index (χ3v) is 5.52. The highest BCUT2D eigenvalue weighted by Crippen LogP contribution is 2.30. The van der Waals surface area contributed by atoms with Crippen LogP contribution in [0.3, 0.4) is 0 Å². The number of methoxy groups -OCH3 is 1. The van der Waals surface area contributed by atoms with E-state index in [0.29, 0.717) is 6.54 Å². The lowest BCUT2D eigenvalue weighted by Crippen LogP contribution is -2.39. The SMILES string of the molecule is COc1ccc(-c2ccccc2NC(=O)[C@@H]2CCCN2Cc2nccn2C)cc1. The van der Waals surface area contributed by atoms with Crippen molar-refractivity contribution >= 4 is 11.6 Å². The monoisotopic (exact) mass is 390 g/mol. The molecular formula is C23H26N4O2. The molecular weight excluding hydrogens is 364 g/mol. The van der Waals surface area contributed by atoms with Crippen molar-refractivity contribution in [2.75, 3.05) is 19.0 Å². The summed E-state index contributed by atoms with van der Waals surface area (Å²) < 4.78 is 7.25. The number of nitrogens with zero attached hydrogens (tertiary/aromatic N) is 3. The molecule has 1 amide bonds. The van der Waals surface area contributed by atoms with E-state index >= 15 is 0 Å². The first-order valence-corrected chi connectivity index (χ1v) is 9.90. The van der Waals surface area contributed by atoms with E-state index in [1.54, 1.807) is 13.3 Å². The second kappa shape index (κ2) is 8.49. The van der Waals surface area contributed by atoms with Crippen molar-refractivity contribution in [2.45, 2.75) is 25.4 Å². The number of amides is 1. The molecule has 6 heteroatoms. The van der Waals surface area contributed by atoms with Crippen LogP contribution in [-0.4, -0.2) is 40.1 Å². The molecule has 1 aliphatic heterocycles. The van der Waals surface area contributed by atoms with Gasteiger partial charge in [0.2, 0.25) is 5.91 Å². The number of likely N-dealkylation sites (tertiary alicyclic amines) is 1. The third-order valence-electron chi connectivity index (χ3n) is 5.52. The molecule has 0 unspecified atom stereocenters. The zero-order valence-electron chi connectivity index (χ0n) is 16.8. The van der Waals surface area contributed by atoms with Gasteiger partial charge in [-0.05, 0) is 43.1 Å². The van der Waals surface area contributed by atoms with Crippen molar-refractivity contribution in [3.63, 3.8) is 0 Å². The molecule has 6 nitrogen and oxygen atoms in total. The van der Waals surface area contributed by atoms with E-state index in [9.17, 15) is 4.79 Å². The van der Waals surface area contributed by atoms with Gasteiger partial charge in [0, 0.05) is 30.7 Å². The number of aryl methyl sites for hydroxylation is 1. The largest absolute Gasteiger partial charge is 0.497 e. The van der Waals surface area contributed by atoms with Gasteiger partial charge in [-0.3, -0.25) is 9.69 Å². The maximum Gasteiger partial charge on any atom is 0.241 e. The van der Waals surface area contributed by atoms with E-state index in [4.69, 9.17) is 4.74 Å². The minimum absolute atomic E-state index is 0.0395. The molecule has 1 atom stereocenters. The number of ether oxygens (including phenoxy) is 1. The van der Waals surface area contributed by atoms with Crippen molar-refractivity contribution in [1.82, 2.24) is 14.5 Å². The van der Waals surface area contributed by atoms with Crippen LogP contribution in [0.1, 0.15) is 18.7 Å². The Hall–Kier alpha value is -3.12. The summed E-state index contributed by atoms with van der Waals surface area (Å²) in [5.74, 6) is 1.83. The molecule has 0 aliphatic carbocycles. The molecule has 150 valence electrons. The van der Waals surface area contributed by atoms with Gasteiger partial charge < -0.3 is 14.6 Å². The number of rotatable bonds is 6. The van der Waals surface area contributed by atoms with E-state index in [2.05, 4.69) is 15.2 Å². The number of carbonyl (C=O) groups excluding carboxylic acids is 1. The minimum Gasteiger partial charge on any atom is -0.497 e. The number of anilines is 1. The summed E-state index contributed by atoms with van der Waals surface area (Å²) in [6, 6.07) is 15.6. The molecule has 1 N–H and O–H groups in total. The Kier molecular flexibility index (Phi) is 5.62. The first-order chi connectivity index (χ1) is 14.2. The molecule has 3 aromatic rings. The van der Waals surface area contributed by atoms with Crippen molar-refractivity contribution in [2.24, 2.45) is 7.05 Å².